The lowest BCUT2D eigenvalue weighted by Crippen LogP contribution is -2.45. The molecule has 5 nitrogen and oxygen atoms in total. The van der Waals surface area contributed by atoms with Gasteiger partial charge >= 0.3 is 0 Å². The highest BCUT2D eigenvalue weighted by molar-refractivity contribution is 5.97. The van der Waals surface area contributed by atoms with Crippen molar-refractivity contribution in [3.05, 3.63) is 24.0 Å². The first-order valence-corrected chi connectivity index (χ1v) is 7.35. The second kappa shape index (κ2) is 5.40. The standard InChI is InChI=1S/C15H22N4O/c1-3-11(14-6-7-17-18(14)2)8-15(16)19-9-12-4-5-13(10-19)20-12/h6-8,12-13,16H,3-5,9-10H2,1-2H3/b11-8+,16-15?. The first-order chi connectivity index (χ1) is 9.67. The van der Waals surface area contributed by atoms with Crippen LogP contribution < -0.4 is 0 Å². The predicted octanol–water partition coefficient (Wildman–Crippen LogP) is 2.05. The van der Waals surface area contributed by atoms with Gasteiger partial charge in [-0.3, -0.25) is 10.1 Å². The van der Waals surface area contributed by atoms with Crippen molar-refractivity contribution >= 4 is 11.4 Å². The minimum Gasteiger partial charge on any atom is -0.371 e. The summed E-state index contributed by atoms with van der Waals surface area (Å²) in [5.74, 6) is 0.600. The molecule has 2 aliphatic heterocycles. The van der Waals surface area contributed by atoms with Crippen LogP contribution in [-0.4, -0.2) is 45.8 Å². The van der Waals surface area contributed by atoms with Crippen molar-refractivity contribution in [1.29, 1.82) is 5.41 Å². The van der Waals surface area contributed by atoms with E-state index >= 15 is 0 Å². The molecule has 3 heterocycles. The molecule has 3 rings (SSSR count). The number of nitrogens with zero attached hydrogens (tertiary/aromatic N) is 3. The maximum atomic E-state index is 8.36. The predicted molar refractivity (Wildman–Crippen MR) is 78.7 cm³/mol. The molecule has 0 radical (unpaired) electrons. The number of aryl methyl sites for hydroxylation is 1. The lowest BCUT2D eigenvalue weighted by atomic mass is 10.1. The molecule has 2 aliphatic rings. The Morgan fingerprint density at radius 1 is 1.45 bits per heavy atom. The lowest BCUT2D eigenvalue weighted by molar-refractivity contribution is -0.0156. The molecule has 5 heteroatoms. The maximum Gasteiger partial charge on any atom is 0.121 e. The number of ether oxygens (including phenoxy) is 1. The summed E-state index contributed by atoms with van der Waals surface area (Å²) in [5.41, 5.74) is 2.25. The van der Waals surface area contributed by atoms with Crippen LogP contribution in [0.15, 0.2) is 18.3 Å². The smallest absolute Gasteiger partial charge is 0.121 e. The number of hydrogen-bond donors (Lipinski definition) is 1. The number of amidine groups is 1. The number of likely N-dealkylation sites (tertiary alicyclic amines) is 1. The van der Waals surface area contributed by atoms with Crippen LogP contribution in [0.2, 0.25) is 0 Å². The summed E-state index contributed by atoms with van der Waals surface area (Å²) in [7, 11) is 1.94. The summed E-state index contributed by atoms with van der Waals surface area (Å²) >= 11 is 0. The van der Waals surface area contributed by atoms with Crippen LogP contribution in [0.25, 0.3) is 5.57 Å². The topological polar surface area (TPSA) is 54.1 Å². The van der Waals surface area contributed by atoms with Crippen molar-refractivity contribution in [2.45, 2.75) is 38.4 Å². The molecule has 1 aromatic heterocycles. The van der Waals surface area contributed by atoms with Gasteiger partial charge in [0.25, 0.3) is 0 Å². The fraction of sp³-hybridized carbons (Fsp3) is 0.600. The number of nitrogens with one attached hydrogen (secondary N) is 1. The fourth-order valence-electron chi connectivity index (χ4n) is 3.11. The van der Waals surface area contributed by atoms with E-state index in [0.717, 1.165) is 43.6 Å². The maximum absolute atomic E-state index is 8.36. The molecule has 1 aromatic rings. The van der Waals surface area contributed by atoms with Gasteiger partial charge in [0.1, 0.15) is 5.84 Å². The van der Waals surface area contributed by atoms with E-state index in [-0.39, 0.29) is 0 Å². The van der Waals surface area contributed by atoms with Crippen molar-refractivity contribution in [2.24, 2.45) is 7.05 Å². The molecule has 2 fully saturated rings. The zero-order valence-corrected chi connectivity index (χ0v) is 12.2. The Bertz CT molecular complexity index is 522. The number of hydrogen-bond acceptors (Lipinski definition) is 3. The molecule has 0 aromatic carbocycles. The molecule has 0 aliphatic carbocycles. The van der Waals surface area contributed by atoms with Gasteiger partial charge in [-0.2, -0.15) is 5.10 Å². The van der Waals surface area contributed by atoms with E-state index in [1.807, 2.05) is 23.9 Å². The van der Waals surface area contributed by atoms with Crippen molar-refractivity contribution in [1.82, 2.24) is 14.7 Å². The van der Waals surface area contributed by atoms with Gasteiger partial charge in [0.05, 0.1) is 17.9 Å². The average Bonchev–Trinajstić information content (AvgIpc) is 3.01. The highest BCUT2D eigenvalue weighted by atomic mass is 16.5. The van der Waals surface area contributed by atoms with Crippen LogP contribution in [0, 0.1) is 5.41 Å². The number of aromatic nitrogens is 2. The van der Waals surface area contributed by atoms with Gasteiger partial charge in [-0.15, -0.1) is 0 Å². The summed E-state index contributed by atoms with van der Waals surface area (Å²) in [5, 5.41) is 12.6. The lowest BCUT2D eigenvalue weighted by Gasteiger charge is -2.33. The molecule has 2 saturated heterocycles. The molecule has 0 saturated carbocycles. The van der Waals surface area contributed by atoms with E-state index in [2.05, 4.69) is 16.9 Å². The minimum absolute atomic E-state index is 0.323. The zero-order chi connectivity index (χ0) is 14.1. The van der Waals surface area contributed by atoms with E-state index in [1.54, 1.807) is 6.20 Å². The third kappa shape index (κ3) is 2.50. The summed E-state index contributed by atoms with van der Waals surface area (Å²) < 4.78 is 7.69. The van der Waals surface area contributed by atoms with E-state index in [0.29, 0.717) is 18.0 Å². The van der Waals surface area contributed by atoms with Crippen LogP contribution in [0.1, 0.15) is 31.9 Å². The van der Waals surface area contributed by atoms with Crippen LogP contribution >= 0.6 is 0 Å². The van der Waals surface area contributed by atoms with Crippen LogP contribution in [-0.2, 0) is 11.8 Å². The Morgan fingerprint density at radius 2 is 2.15 bits per heavy atom. The Labute approximate surface area is 119 Å². The summed E-state index contributed by atoms with van der Waals surface area (Å²) in [6.45, 7) is 3.83. The number of morpholine rings is 1. The second-order valence-corrected chi connectivity index (χ2v) is 5.61. The SMILES string of the molecule is CC/C(=C\C(=N)N1CC2CCC(C1)O2)c1ccnn1C. The van der Waals surface area contributed by atoms with Crippen LogP contribution in [0.3, 0.4) is 0 Å². The van der Waals surface area contributed by atoms with Crippen LogP contribution in [0.5, 0.6) is 0 Å². The zero-order valence-electron chi connectivity index (χ0n) is 12.2. The van der Waals surface area contributed by atoms with E-state index in [4.69, 9.17) is 10.1 Å². The molecule has 2 bridgehead atoms. The largest absolute Gasteiger partial charge is 0.371 e. The van der Waals surface area contributed by atoms with E-state index in [9.17, 15) is 0 Å². The summed E-state index contributed by atoms with van der Waals surface area (Å²) in [4.78, 5) is 2.15. The first-order valence-electron chi connectivity index (χ1n) is 7.35. The molecular formula is C15H22N4O. The first kappa shape index (κ1) is 13.4. The van der Waals surface area contributed by atoms with E-state index in [1.165, 1.54) is 0 Å². The van der Waals surface area contributed by atoms with Gasteiger partial charge in [0.2, 0.25) is 0 Å². The van der Waals surface area contributed by atoms with Crippen molar-refractivity contribution in [3.8, 4) is 0 Å². The number of allylic oxidation sites excluding steroid dienone is 1. The minimum atomic E-state index is 0.323. The molecule has 1 N–H and O–H groups in total. The van der Waals surface area contributed by atoms with E-state index < -0.39 is 0 Å². The quantitative estimate of drug-likeness (QED) is 0.678. The van der Waals surface area contributed by atoms with Gasteiger partial charge < -0.3 is 9.64 Å². The molecule has 108 valence electrons. The Balaban J connectivity index is 1.76. The monoisotopic (exact) mass is 274 g/mol. The summed E-state index contributed by atoms with van der Waals surface area (Å²) in [6, 6.07) is 2.01. The van der Waals surface area contributed by atoms with Gasteiger partial charge in [-0.25, -0.2) is 0 Å². The normalized spacial score (nSPS) is 26.1. The second-order valence-electron chi connectivity index (χ2n) is 5.61. The van der Waals surface area contributed by atoms with Gasteiger partial charge in [0.15, 0.2) is 0 Å². The number of fused-ring (bicyclic) bond motifs is 2. The van der Waals surface area contributed by atoms with Crippen molar-refractivity contribution < 1.29 is 4.74 Å². The van der Waals surface area contributed by atoms with Crippen LogP contribution in [0.4, 0.5) is 0 Å². The molecule has 2 unspecified atom stereocenters. The Kier molecular flexibility index (Phi) is 3.61. The number of rotatable bonds is 3. The molecule has 20 heavy (non-hydrogen) atoms. The Morgan fingerprint density at radius 3 is 2.70 bits per heavy atom. The molecule has 0 amide bonds. The van der Waals surface area contributed by atoms with Gasteiger partial charge in [-0.05, 0) is 37.0 Å². The van der Waals surface area contributed by atoms with Crippen molar-refractivity contribution in [3.63, 3.8) is 0 Å². The van der Waals surface area contributed by atoms with Gasteiger partial charge in [-0.1, -0.05) is 6.92 Å². The Hall–Kier alpha value is -1.62. The fourth-order valence-corrected chi connectivity index (χ4v) is 3.11. The molecular weight excluding hydrogens is 252 g/mol. The average molecular weight is 274 g/mol. The van der Waals surface area contributed by atoms with Crippen molar-refractivity contribution in [2.75, 3.05) is 13.1 Å². The highest BCUT2D eigenvalue weighted by Gasteiger charge is 2.34. The van der Waals surface area contributed by atoms with Gasteiger partial charge in [0, 0.05) is 26.3 Å². The molecule has 2 atom stereocenters. The highest BCUT2D eigenvalue weighted by Crippen LogP contribution is 2.27. The molecule has 0 spiro atoms. The summed E-state index contributed by atoms with van der Waals surface area (Å²) in [6.07, 6.45) is 7.62. The third-order valence-corrected chi connectivity index (χ3v) is 4.23. The third-order valence-electron chi connectivity index (χ3n) is 4.23.